The summed E-state index contributed by atoms with van der Waals surface area (Å²) in [6.07, 6.45) is 0.191. The third-order valence-corrected chi connectivity index (χ3v) is 8.34. The molecule has 9 heteroatoms. The van der Waals surface area contributed by atoms with Crippen LogP contribution in [0.15, 0.2) is 66.7 Å². The number of hydrogen-bond donors (Lipinski definition) is 3. The quantitative estimate of drug-likeness (QED) is 0.243. The van der Waals surface area contributed by atoms with Gasteiger partial charge in [-0.15, -0.1) is 0 Å². The number of anilines is 2. The number of carboxylic acids is 1. The van der Waals surface area contributed by atoms with Gasteiger partial charge in [0.05, 0.1) is 23.8 Å². The zero-order valence-electron chi connectivity index (χ0n) is 28.6. The number of carboxylic acid groups (broad SMARTS) is 1. The number of amides is 3. The van der Waals surface area contributed by atoms with Gasteiger partial charge in [-0.2, -0.15) is 0 Å². The molecule has 1 atom stereocenters. The van der Waals surface area contributed by atoms with E-state index in [0.717, 1.165) is 16.8 Å². The Bertz CT molecular complexity index is 1590. The zero-order valence-corrected chi connectivity index (χ0v) is 28.6. The molecule has 0 aliphatic carbocycles. The number of aliphatic carboxylic acids is 1. The Hall–Kier alpha value is -4.66. The molecule has 3 N–H and O–H groups in total. The lowest BCUT2D eigenvalue weighted by molar-refractivity contribution is -0.137. The monoisotopic (exact) mass is 640 g/mol. The number of rotatable bonds is 9. The molecule has 250 valence electrons. The van der Waals surface area contributed by atoms with Crippen molar-refractivity contribution < 1.29 is 24.3 Å². The SMILES string of the molecule is Cc1ccc(C(CC(=O)O)NC(=O)c2ccc(N3CCN(C(=O)CC(C)(C)C)CC3)c(NC(=O)c3ccc(C(C)(C)C)cc3)c2)cc1. The summed E-state index contributed by atoms with van der Waals surface area (Å²) in [5, 5.41) is 15.5. The molecule has 0 bridgehead atoms. The minimum Gasteiger partial charge on any atom is -0.481 e. The maximum absolute atomic E-state index is 13.6. The largest absolute Gasteiger partial charge is 0.481 e. The Morgan fingerprint density at radius 3 is 1.94 bits per heavy atom. The van der Waals surface area contributed by atoms with Gasteiger partial charge in [0.25, 0.3) is 11.8 Å². The van der Waals surface area contributed by atoms with Crippen molar-refractivity contribution in [3.05, 3.63) is 94.5 Å². The van der Waals surface area contributed by atoms with Crippen LogP contribution in [0.25, 0.3) is 0 Å². The van der Waals surface area contributed by atoms with Crippen molar-refractivity contribution in [2.45, 2.75) is 72.8 Å². The number of nitrogens with zero attached hydrogens (tertiary/aromatic N) is 2. The summed E-state index contributed by atoms with van der Waals surface area (Å²) in [6, 6.07) is 19.3. The van der Waals surface area contributed by atoms with Crippen LogP contribution in [0.1, 0.15) is 97.8 Å². The molecule has 0 aromatic heterocycles. The van der Waals surface area contributed by atoms with Crippen LogP contribution in [0.5, 0.6) is 0 Å². The molecule has 9 nitrogen and oxygen atoms in total. The summed E-state index contributed by atoms with van der Waals surface area (Å²) in [6.45, 7) is 16.7. The fourth-order valence-corrected chi connectivity index (χ4v) is 5.60. The first kappa shape index (κ1) is 35.2. The van der Waals surface area contributed by atoms with E-state index < -0.39 is 17.9 Å². The molecule has 1 aliphatic heterocycles. The van der Waals surface area contributed by atoms with Crippen LogP contribution in [0.4, 0.5) is 11.4 Å². The highest BCUT2D eigenvalue weighted by molar-refractivity contribution is 6.07. The Morgan fingerprint density at radius 1 is 0.787 bits per heavy atom. The second kappa shape index (κ2) is 14.4. The summed E-state index contributed by atoms with van der Waals surface area (Å²) < 4.78 is 0. The highest BCUT2D eigenvalue weighted by Gasteiger charge is 2.27. The smallest absolute Gasteiger partial charge is 0.305 e. The molecule has 0 spiro atoms. The zero-order chi connectivity index (χ0) is 34.5. The molecule has 3 aromatic carbocycles. The summed E-state index contributed by atoms with van der Waals surface area (Å²) in [5.41, 5.74) is 4.63. The van der Waals surface area contributed by atoms with E-state index in [-0.39, 0.29) is 34.6 Å². The van der Waals surface area contributed by atoms with Crippen LogP contribution in [-0.4, -0.2) is 59.9 Å². The van der Waals surface area contributed by atoms with Crippen molar-refractivity contribution in [2.24, 2.45) is 5.41 Å². The molecule has 1 heterocycles. The lowest BCUT2D eigenvalue weighted by Crippen LogP contribution is -2.49. The summed E-state index contributed by atoms with van der Waals surface area (Å²) in [4.78, 5) is 55.6. The van der Waals surface area contributed by atoms with Gasteiger partial charge in [0.1, 0.15) is 0 Å². The molecule has 1 saturated heterocycles. The average Bonchev–Trinajstić information content (AvgIpc) is 2.99. The van der Waals surface area contributed by atoms with E-state index in [9.17, 15) is 24.3 Å². The normalized spacial score (nSPS) is 14.4. The van der Waals surface area contributed by atoms with E-state index in [1.54, 1.807) is 30.3 Å². The van der Waals surface area contributed by atoms with Gasteiger partial charge in [0.15, 0.2) is 0 Å². The highest BCUT2D eigenvalue weighted by atomic mass is 16.4. The molecule has 0 saturated carbocycles. The predicted octanol–water partition coefficient (Wildman–Crippen LogP) is 6.58. The van der Waals surface area contributed by atoms with Crippen LogP contribution in [0.2, 0.25) is 0 Å². The molecule has 1 unspecified atom stereocenters. The molecule has 1 fully saturated rings. The van der Waals surface area contributed by atoms with Gasteiger partial charge in [-0.3, -0.25) is 19.2 Å². The molecule has 0 radical (unpaired) electrons. The van der Waals surface area contributed by atoms with Crippen LogP contribution in [0, 0.1) is 12.3 Å². The van der Waals surface area contributed by atoms with E-state index >= 15 is 0 Å². The summed E-state index contributed by atoms with van der Waals surface area (Å²) >= 11 is 0. The molecular weight excluding hydrogens is 592 g/mol. The maximum atomic E-state index is 13.6. The first-order valence-electron chi connectivity index (χ1n) is 16.2. The Labute approximate surface area is 278 Å². The van der Waals surface area contributed by atoms with Crippen molar-refractivity contribution in [1.29, 1.82) is 0 Å². The van der Waals surface area contributed by atoms with Gasteiger partial charge >= 0.3 is 5.97 Å². The third-order valence-electron chi connectivity index (χ3n) is 8.34. The number of aryl methyl sites for hydroxylation is 1. The van der Waals surface area contributed by atoms with Crippen LogP contribution in [0.3, 0.4) is 0 Å². The molecule has 3 amide bonds. The molecule has 1 aliphatic rings. The first-order chi connectivity index (χ1) is 22.0. The lowest BCUT2D eigenvalue weighted by Gasteiger charge is -2.38. The Balaban J connectivity index is 1.61. The third kappa shape index (κ3) is 9.67. The molecule has 4 rings (SSSR count). The van der Waals surface area contributed by atoms with Crippen LogP contribution in [-0.2, 0) is 15.0 Å². The van der Waals surface area contributed by atoms with Gasteiger partial charge in [0, 0.05) is 43.7 Å². The number of nitrogens with one attached hydrogen (secondary N) is 2. The fraction of sp³-hybridized carbons (Fsp3) is 0.421. The number of carbonyl (C=O) groups is 4. The highest BCUT2D eigenvalue weighted by Crippen LogP contribution is 2.31. The molecule has 47 heavy (non-hydrogen) atoms. The molecule has 3 aromatic rings. The van der Waals surface area contributed by atoms with E-state index in [1.165, 1.54) is 0 Å². The van der Waals surface area contributed by atoms with Crippen molar-refractivity contribution in [2.75, 3.05) is 36.4 Å². The second-order valence-corrected chi connectivity index (χ2v) is 14.7. The predicted molar refractivity (Wildman–Crippen MR) is 186 cm³/mol. The van der Waals surface area contributed by atoms with E-state index in [4.69, 9.17) is 0 Å². The first-order valence-corrected chi connectivity index (χ1v) is 16.2. The Kier molecular flexibility index (Phi) is 10.8. The maximum Gasteiger partial charge on any atom is 0.305 e. The standard InChI is InChI=1S/C38H48N4O5/c1-25-8-10-26(11-9-25)30(23-34(44)45)39-36(47)28-14-17-32(41-18-20-42(21-19-41)33(43)24-37(2,3)4)31(22-28)40-35(46)27-12-15-29(16-13-27)38(5,6)7/h8-17,22,30H,18-21,23-24H2,1-7H3,(H,39,47)(H,40,46)(H,44,45). The van der Waals surface area contributed by atoms with Crippen LogP contribution >= 0.6 is 0 Å². The van der Waals surface area contributed by atoms with Gasteiger partial charge < -0.3 is 25.5 Å². The average molecular weight is 641 g/mol. The minimum absolute atomic E-state index is 0.0582. The van der Waals surface area contributed by atoms with Gasteiger partial charge in [-0.25, -0.2) is 0 Å². The number of hydrogen-bond acceptors (Lipinski definition) is 5. The minimum atomic E-state index is -1.03. The lowest BCUT2D eigenvalue weighted by atomic mass is 9.86. The van der Waals surface area contributed by atoms with Gasteiger partial charge in [0.2, 0.25) is 5.91 Å². The van der Waals surface area contributed by atoms with Crippen molar-refractivity contribution >= 4 is 35.1 Å². The topological polar surface area (TPSA) is 119 Å². The van der Waals surface area contributed by atoms with E-state index in [2.05, 4.69) is 57.1 Å². The van der Waals surface area contributed by atoms with Gasteiger partial charge in [-0.05, 0) is 59.2 Å². The summed E-state index contributed by atoms with van der Waals surface area (Å²) in [7, 11) is 0. The van der Waals surface area contributed by atoms with Gasteiger partial charge in [-0.1, -0.05) is 83.5 Å². The number of piperazine rings is 1. The van der Waals surface area contributed by atoms with Crippen molar-refractivity contribution in [1.82, 2.24) is 10.2 Å². The number of carbonyl (C=O) groups excluding carboxylic acids is 3. The van der Waals surface area contributed by atoms with E-state index in [0.29, 0.717) is 49.4 Å². The summed E-state index contributed by atoms with van der Waals surface area (Å²) in [5.74, 6) is -1.67. The Morgan fingerprint density at radius 2 is 1.38 bits per heavy atom. The van der Waals surface area contributed by atoms with E-state index in [1.807, 2.05) is 48.2 Å². The van der Waals surface area contributed by atoms with Crippen molar-refractivity contribution in [3.8, 4) is 0 Å². The number of benzene rings is 3. The molecular formula is C38H48N4O5. The fourth-order valence-electron chi connectivity index (χ4n) is 5.60. The van der Waals surface area contributed by atoms with Crippen molar-refractivity contribution in [3.63, 3.8) is 0 Å². The van der Waals surface area contributed by atoms with Crippen LogP contribution < -0.4 is 15.5 Å². The second-order valence-electron chi connectivity index (χ2n) is 14.7.